The highest BCUT2D eigenvalue weighted by molar-refractivity contribution is 6.01. The number of urea groups is 1. The first kappa shape index (κ1) is 16.4. The molecule has 0 aliphatic rings. The Morgan fingerprint density at radius 1 is 1.00 bits per heavy atom. The van der Waals surface area contributed by atoms with E-state index < -0.39 is 12.6 Å². The monoisotopic (exact) mass is 320 g/mol. The lowest BCUT2D eigenvalue weighted by Crippen LogP contribution is -2.19. The Morgan fingerprint density at radius 3 is 2.26 bits per heavy atom. The molecule has 0 radical (unpaired) electrons. The number of hydrogen-bond acceptors (Lipinski definition) is 3. The molecule has 2 rings (SSSR count). The van der Waals surface area contributed by atoms with E-state index in [0.717, 1.165) is 0 Å². The number of ketones is 1. The molecule has 0 spiro atoms. The normalized spacial score (nSPS) is 10.3. The van der Waals surface area contributed by atoms with E-state index in [1.54, 1.807) is 24.3 Å². The summed E-state index contributed by atoms with van der Waals surface area (Å²) in [6.45, 7) is -1.46. The molecule has 0 bridgehead atoms. The fraction of sp³-hybridized carbons (Fsp3) is 0.125. The number of hydrogen-bond donors (Lipinski definition) is 2. The number of carbonyl (C=O) groups is 2. The highest BCUT2D eigenvalue weighted by Gasteiger charge is 2.07. The van der Waals surface area contributed by atoms with E-state index in [2.05, 4.69) is 15.4 Å². The molecule has 0 atom stereocenters. The van der Waals surface area contributed by atoms with Crippen LogP contribution in [0.15, 0.2) is 48.5 Å². The van der Waals surface area contributed by atoms with Gasteiger partial charge in [-0.2, -0.15) is 8.78 Å². The van der Waals surface area contributed by atoms with Gasteiger partial charge in [0, 0.05) is 16.9 Å². The smallest absolute Gasteiger partial charge is 0.387 e. The van der Waals surface area contributed by atoms with Crippen molar-refractivity contribution in [3.05, 3.63) is 54.1 Å². The van der Waals surface area contributed by atoms with Crippen LogP contribution in [0.5, 0.6) is 5.75 Å². The van der Waals surface area contributed by atoms with E-state index in [1.807, 2.05) is 0 Å². The number of alkyl halides is 2. The lowest BCUT2D eigenvalue weighted by Gasteiger charge is -2.09. The van der Waals surface area contributed by atoms with Crippen molar-refractivity contribution in [2.24, 2.45) is 0 Å². The molecule has 0 unspecified atom stereocenters. The first-order valence-corrected chi connectivity index (χ1v) is 6.68. The van der Waals surface area contributed by atoms with Crippen molar-refractivity contribution >= 4 is 23.2 Å². The van der Waals surface area contributed by atoms with Gasteiger partial charge in [0.1, 0.15) is 5.75 Å². The van der Waals surface area contributed by atoms with Crippen molar-refractivity contribution in [2.45, 2.75) is 13.5 Å². The van der Waals surface area contributed by atoms with Gasteiger partial charge < -0.3 is 15.4 Å². The second kappa shape index (κ2) is 7.35. The predicted molar refractivity (Wildman–Crippen MR) is 82.2 cm³/mol. The summed E-state index contributed by atoms with van der Waals surface area (Å²) in [5, 5.41) is 5.12. The summed E-state index contributed by atoms with van der Waals surface area (Å²) in [6, 6.07) is 11.5. The summed E-state index contributed by atoms with van der Waals surface area (Å²) in [5.74, 6) is -0.108. The summed E-state index contributed by atoms with van der Waals surface area (Å²) in [4.78, 5) is 23.2. The van der Waals surface area contributed by atoms with Crippen LogP contribution in [-0.2, 0) is 0 Å². The molecule has 0 heterocycles. The first-order chi connectivity index (χ1) is 10.9. The number of benzene rings is 2. The van der Waals surface area contributed by atoms with Gasteiger partial charge >= 0.3 is 12.6 Å². The van der Waals surface area contributed by atoms with E-state index in [9.17, 15) is 18.4 Å². The minimum absolute atomic E-state index is 0.000109. The fourth-order valence-electron chi connectivity index (χ4n) is 1.83. The Morgan fingerprint density at radius 2 is 1.65 bits per heavy atom. The summed E-state index contributed by atoms with van der Waals surface area (Å²) in [6.07, 6.45) is 0. The van der Waals surface area contributed by atoms with Crippen LogP contribution >= 0.6 is 0 Å². The third-order valence-corrected chi connectivity index (χ3v) is 2.86. The second-order valence-electron chi connectivity index (χ2n) is 4.62. The minimum Gasteiger partial charge on any atom is -0.435 e. The maximum Gasteiger partial charge on any atom is 0.387 e. The molecule has 0 aromatic heterocycles. The predicted octanol–water partition coefficient (Wildman–Crippen LogP) is 4.13. The number of halogens is 2. The molecule has 23 heavy (non-hydrogen) atoms. The second-order valence-corrected chi connectivity index (χ2v) is 4.62. The van der Waals surface area contributed by atoms with Gasteiger partial charge in [-0.05, 0) is 43.3 Å². The number of ether oxygens (including phenoxy) is 1. The molecule has 5 nitrogen and oxygen atoms in total. The lowest BCUT2D eigenvalue weighted by molar-refractivity contribution is -0.0498. The van der Waals surface area contributed by atoms with Crippen LogP contribution in [0.3, 0.4) is 0 Å². The Kier molecular flexibility index (Phi) is 5.24. The number of nitrogens with one attached hydrogen (secondary N) is 2. The van der Waals surface area contributed by atoms with E-state index in [0.29, 0.717) is 16.9 Å². The third kappa shape index (κ3) is 5.06. The van der Waals surface area contributed by atoms with Crippen molar-refractivity contribution in [1.82, 2.24) is 0 Å². The lowest BCUT2D eigenvalue weighted by atomic mass is 10.1. The summed E-state index contributed by atoms with van der Waals surface area (Å²) in [5.41, 5.74) is 1.36. The van der Waals surface area contributed by atoms with Crippen LogP contribution in [0.2, 0.25) is 0 Å². The molecule has 2 amide bonds. The summed E-state index contributed by atoms with van der Waals surface area (Å²) in [7, 11) is 0. The summed E-state index contributed by atoms with van der Waals surface area (Å²) < 4.78 is 28.3. The number of anilines is 2. The molecular weight excluding hydrogens is 306 g/mol. The van der Waals surface area contributed by atoms with E-state index in [4.69, 9.17) is 0 Å². The molecule has 0 aliphatic heterocycles. The van der Waals surface area contributed by atoms with Crippen molar-refractivity contribution in [3.8, 4) is 5.75 Å². The van der Waals surface area contributed by atoms with Gasteiger partial charge in [-0.1, -0.05) is 12.1 Å². The van der Waals surface area contributed by atoms with Gasteiger partial charge in [-0.25, -0.2) is 4.79 Å². The van der Waals surface area contributed by atoms with Gasteiger partial charge in [0.15, 0.2) is 5.78 Å². The van der Waals surface area contributed by atoms with Gasteiger partial charge in [0.25, 0.3) is 0 Å². The Bertz CT molecular complexity index is 703. The van der Waals surface area contributed by atoms with E-state index in [-0.39, 0.29) is 11.5 Å². The third-order valence-electron chi connectivity index (χ3n) is 2.86. The molecule has 120 valence electrons. The quantitative estimate of drug-likeness (QED) is 0.814. The van der Waals surface area contributed by atoms with Crippen molar-refractivity contribution in [3.63, 3.8) is 0 Å². The SMILES string of the molecule is CC(=O)c1cccc(NC(=O)Nc2ccc(OC(F)F)cc2)c1. The molecule has 2 aromatic carbocycles. The highest BCUT2D eigenvalue weighted by Crippen LogP contribution is 2.18. The number of Topliss-reactive ketones (excluding diaryl/α,β-unsaturated/α-hetero) is 1. The van der Waals surface area contributed by atoms with Crippen molar-refractivity contribution in [2.75, 3.05) is 10.6 Å². The largest absolute Gasteiger partial charge is 0.435 e. The zero-order chi connectivity index (χ0) is 16.8. The zero-order valence-electron chi connectivity index (χ0n) is 12.2. The number of rotatable bonds is 5. The molecule has 0 saturated heterocycles. The Labute approximate surface area is 131 Å². The first-order valence-electron chi connectivity index (χ1n) is 6.68. The van der Waals surface area contributed by atoms with E-state index in [1.165, 1.54) is 31.2 Å². The van der Waals surface area contributed by atoms with Crippen LogP contribution in [0.1, 0.15) is 17.3 Å². The zero-order valence-corrected chi connectivity index (χ0v) is 12.2. The maximum absolute atomic E-state index is 12.0. The van der Waals surface area contributed by atoms with Gasteiger partial charge in [0.2, 0.25) is 0 Å². The minimum atomic E-state index is -2.90. The van der Waals surface area contributed by atoms with Crippen LogP contribution in [-0.4, -0.2) is 18.4 Å². The molecule has 0 aliphatic carbocycles. The average Bonchev–Trinajstić information content (AvgIpc) is 2.49. The van der Waals surface area contributed by atoms with Gasteiger partial charge in [-0.3, -0.25) is 4.79 Å². The number of carbonyl (C=O) groups excluding carboxylic acids is 2. The fourth-order valence-corrected chi connectivity index (χ4v) is 1.83. The molecule has 2 N–H and O–H groups in total. The van der Waals surface area contributed by atoms with Gasteiger partial charge in [-0.15, -0.1) is 0 Å². The number of amides is 2. The standard InChI is InChI=1S/C16H14F2N2O3/c1-10(21)11-3-2-4-13(9-11)20-16(22)19-12-5-7-14(8-6-12)23-15(17)18/h2-9,15H,1H3,(H2,19,20,22). The van der Waals surface area contributed by atoms with E-state index >= 15 is 0 Å². The van der Waals surface area contributed by atoms with Crippen LogP contribution in [0.4, 0.5) is 25.0 Å². The Hall–Kier alpha value is -2.96. The topological polar surface area (TPSA) is 67.4 Å². The molecule has 0 saturated carbocycles. The van der Waals surface area contributed by atoms with Crippen LogP contribution in [0, 0.1) is 0 Å². The van der Waals surface area contributed by atoms with Crippen LogP contribution in [0.25, 0.3) is 0 Å². The van der Waals surface area contributed by atoms with Gasteiger partial charge in [0.05, 0.1) is 0 Å². The molecular formula is C16H14F2N2O3. The van der Waals surface area contributed by atoms with Crippen molar-refractivity contribution < 1.29 is 23.1 Å². The van der Waals surface area contributed by atoms with Crippen molar-refractivity contribution in [1.29, 1.82) is 0 Å². The van der Waals surface area contributed by atoms with Crippen LogP contribution < -0.4 is 15.4 Å². The maximum atomic E-state index is 12.0. The molecule has 7 heteroatoms. The average molecular weight is 320 g/mol. The summed E-state index contributed by atoms with van der Waals surface area (Å²) >= 11 is 0. The molecule has 2 aromatic rings. The highest BCUT2D eigenvalue weighted by atomic mass is 19.3. The Balaban J connectivity index is 1.96. The molecule has 0 fully saturated rings.